The van der Waals surface area contributed by atoms with Crippen molar-refractivity contribution in [1.29, 1.82) is 0 Å². The molecule has 1 aromatic rings. The summed E-state index contributed by atoms with van der Waals surface area (Å²) in [6, 6.07) is 6.30. The highest BCUT2D eigenvalue weighted by atomic mass is 19.3. The minimum Gasteiger partial charge on any atom is -0.303 e. The van der Waals surface area contributed by atoms with Gasteiger partial charge in [-0.25, -0.2) is 8.78 Å². The molecular weight excluding hydrogens is 174 g/mol. The van der Waals surface area contributed by atoms with Crippen LogP contribution in [0, 0.1) is 0 Å². The Bertz CT molecular complexity index is 284. The number of hydrogen-bond donors (Lipinski definition) is 0. The number of aryl methyl sites for hydroxylation is 1. The van der Waals surface area contributed by atoms with E-state index in [4.69, 9.17) is 0 Å². The van der Waals surface area contributed by atoms with E-state index in [9.17, 15) is 13.6 Å². The van der Waals surface area contributed by atoms with Gasteiger partial charge < -0.3 is 4.79 Å². The molecule has 0 aliphatic heterocycles. The van der Waals surface area contributed by atoms with Gasteiger partial charge in [-0.15, -0.1) is 0 Å². The first-order valence-electron chi connectivity index (χ1n) is 4.05. The standard InChI is InChI=1S/C10H10F2O/c11-10(12)9-6-2-1-4-8(9)5-3-7-13/h1-2,4,6-7,10H,3,5H2. The topological polar surface area (TPSA) is 17.1 Å². The van der Waals surface area contributed by atoms with Crippen molar-refractivity contribution in [3.63, 3.8) is 0 Å². The van der Waals surface area contributed by atoms with Crippen LogP contribution in [0.3, 0.4) is 0 Å². The second kappa shape index (κ2) is 4.70. The van der Waals surface area contributed by atoms with E-state index in [0.717, 1.165) is 6.29 Å². The van der Waals surface area contributed by atoms with E-state index in [1.54, 1.807) is 18.2 Å². The van der Waals surface area contributed by atoms with E-state index in [-0.39, 0.29) is 5.56 Å². The van der Waals surface area contributed by atoms with Crippen molar-refractivity contribution in [2.75, 3.05) is 0 Å². The van der Waals surface area contributed by atoms with Gasteiger partial charge in [-0.05, 0) is 12.0 Å². The van der Waals surface area contributed by atoms with Gasteiger partial charge in [-0.3, -0.25) is 0 Å². The molecule has 0 aliphatic rings. The Morgan fingerprint density at radius 1 is 1.31 bits per heavy atom. The highest BCUT2D eigenvalue weighted by Crippen LogP contribution is 2.23. The Hall–Kier alpha value is -1.25. The molecule has 0 N–H and O–H groups in total. The molecule has 0 saturated heterocycles. The fourth-order valence-corrected chi connectivity index (χ4v) is 1.19. The Morgan fingerprint density at radius 3 is 2.62 bits per heavy atom. The summed E-state index contributed by atoms with van der Waals surface area (Å²) in [5, 5.41) is 0. The van der Waals surface area contributed by atoms with Gasteiger partial charge in [0.2, 0.25) is 0 Å². The minimum absolute atomic E-state index is 0.0318. The van der Waals surface area contributed by atoms with Crippen molar-refractivity contribution in [3.05, 3.63) is 35.4 Å². The zero-order valence-electron chi connectivity index (χ0n) is 7.04. The first kappa shape index (κ1) is 9.84. The second-order valence-electron chi connectivity index (χ2n) is 2.70. The van der Waals surface area contributed by atoms with Gasteiger partial charge in [-0.2, -0.15) is 0 Å². The molecule has 0 radical (unpaired) electrons. The summed E-state index contributed by atoms with van der Waals surface area (Å²) in [7, 11) is 0. The molecule has 0 heterocycles. The van der Waals surface area contributed by atoms with Crippen LogP contribution in [-0.2, 0) is 11.2 Å². The lowest BCUT2D eigenvalue weighted by atomic mass is 10.0. The molecule has 1 aromatic carbocycles. The van der Waals surface area contributed by atoms with Crippen LogP contribution in [0.15, 0.2) is 24.3 Å². The summed E-state index contributed by atoms with van der Waals surface area (Å²) in [5.74, 6) is 0. The molecule has 0 saturated carbocycles. The average Bonchev–Trinajstić information content (AvgIpc) is 2.15. The van der Waals surface area contributed by atoms with Crippen molar-refractivity contribution in [2.45, 2.75) is 19.3 Å². The molecule has 0 bridgehead atoms. The first-order valence-corrected chi connectivity index (χ1v) is 4.05. The van der Waals surface area contributed by atoms with E-state index >= 15 is 0 Å². The monoisotopic (exact) mass is 184 g/mol. The predicted octanol–water partition coefficient (Wildman–Crippen LogP) is 2.76. The number of aldehydes is 1. The fraction of sp³-hybridized carbons (Fsp3) is 0.300. The van der Waals surface area contributed by atoms with Crippen LogP contribution in [0.4, 0.5) is 8.78 Å². The third-order valence-corrected chi connectivity index (χ3v) is 1.82. The zero-order chi connectivity index (χ0) is 9.68. The number of rotatable bonds is 4. The van der Waals surface area contributed by atoms with Crippen LogP contribution in [0.2, 0.25) is 0 Å². The molecule has 0 spiro atoms. The summed E-state index contributed by atoms with van der Waals surface area (Å²) in [5.41, 5.74) is 0.592. The summed E-state index contributed by atoms with van der Waals surface area (Å²) in [6.45, 7) is 0. The van der Waals surface area contributed by atoms with Gasteiger partial charge >= 0.3 is 0 Å². The lowest BCUT2D eigenvalue weighted by Gasteiger charge is -2.05. The molecule has 0 fully saturated rings. The highest BCUT2D eigenvalue weighted by molar-refractivity contribution is 5.50. The quantitative estimate of drug-likeness (QED) is 0.657. The van der Waals surface area contributed by atoms with Crippen LogP contribution >= 0.6 is 0 Å². The maximum Gasteiger partial charge on any atom is 0.264 e. The number of halogens is 2. The lowest BCUT2D eigenvalue weighted by molar-refractivity contribution is -0.107. The summed E-state index contributed by atoms with van der Waals surface area (Å²) in [4.78, 5) is 10.1. The van der Waals surface area contributed by atoms with Gasteiger partial charge in [0.15, 0.2) is 0 Å². The predicted molar refractivity (Wildman–Crippen MR) is 45.8 cm³/mol. The number of carbonyl (C=O) groups is 1. The summed E-state index contributed by atoms with van der Waals surface area (Å²) < 4.78 is 24.7. The molecule has 1 rings (SSSR count). The Labute approximate surface area is 75.4 Å². The molecule has 0 aromatic heterocycles. The molecule has 0 atom stereocenters. The normalized spacial score (nSPS) is 10.4. The van der Waals surface area contributed by atoms with E-state index in [1.165, 1.54) is 6.07 Å². The van der Waals surface area contributed by atoms with Crippen molar-refractivity contribution >= 4 is 6.29 Å². The number of hydrogen-bond acceptors (Lipinski definition) is 1. The number of alkyl halides is 2. The molecule has 3 heteroatoms. The van der Waals surface area contributed by atoms with Gasteiger partial charge in [0.05, 0.1) is 0 Å². The van der Waals surface area contributed by atoms with Crippen LogP contribution in [0.1, 0.15) is 24.0 Å². The van der Waals surface area contributed by atoms with E-state index in [1.807, 2.05) is 0 Å². The Kier molecular flexibility index (Phi) is 3.55. The number of benzene rings is 1. The van der Waals surface area contributed by atoms with Gasteiger partial charge in [0.1, 0.15) is 6.29 Å². The Morgan fingerprint density at radius 2 is 2.00 bits per heavy atom. The van der Waals surface area contributed by atoms with E-state index in [2.05, 4.69) is 0 Å². The van der Waals surface area contributed by atoms with Gasteiger partial charge in [-0.1, -0.05) is 24.3 Å². The molecule has 70 valence electrons. The maximum atomic E-state index is 12.4. The smallest absolute Gasteiger partial charge is 0.264 e. The van der Waals surface area contributed by atoms with E-state index in [0.29, 0.717) is 18.4 Å². The van der Waals surface area contributed by atoms with Crippen molar-refractivity contribution < 1.29 is 13.6 Å². The molecule has 0 unspecified atom stereocenters. The average molecular weight is 184 g/mol. The summed E-state index contributed by atoms with van der Waals surface area (Å²) >= 11 is 0. The minimum atomic E-state index is -2.46. The molecule has 13 heavy (non-hydrogen) atoms. The third kappa shape index (κ3) is 2.61. The van der Waals surface area contributed by atoms with Crippen LogP contribution in [0.25, 0.3) is 0 Å². The lowest BCUT2D eigenvalue weighted by Crippen LogP contribution is -1.94. The largest absolute Gasteiger partial charge is 0.303 e. The van der Waals surface area contributed by atoms with Crippen LogP contribution in [0.5, 0.6) is 0 Å². The number of carbonyl (C=O) groups excluding carboxylic acids is 1. The maximum absolute atomic E-state index is 12.4. The fourth-order valence-electron chi connectivity index (χ4n) is 1.19. The SMILES string of the molecule is O=CCCc1ccccc1C(F)F. The summed E-state index contributed by atoms with van der Waals surface area (Å²) in [6.07, 6.45) is -1.03. The Balaban J connectivity index is 2.84. The highest BCUT2D eigenvalue weighted by Gasteiger charge is 2.10. The second-order valence-corrected chi connectivity index (χ2v) is 2.70. The van der Waals surface area contributed by atoms with E-state index < -0.39 is 6.43 Å². The van der Waals surface area contributed by atoms with Crippen LogP contribution in [-0.4, -0.2) is 6.29 Å². The molecular formula is C10H10F2O. The van der Waals surface area contributed by atoms with Gasteiger partial charge in [0, 0.05) is 12.0 Å². The van der Waals surface area contributed by atoms with Crippen molar-refractivity contribution in [3.8, 4) is 0 Å². The molecule has 0 aliphatic carbocycles. The van der Waals surface area contributed by atoms with Crippen molar-refractivity contribution in [2.24, 2.45) is 0 Å². The third-order valence-electron chi connectivity index (χ3n) is 1.82. The van der Waals surface area contributed by atoms with Crippen molar-refractivity contribution in [1.82, 2.24) is 0 Å². The first-order chi connectivity index (χ1) is 6.25. The molecule has 1 nitrogen and oxygen atoms in total. The zero-order valence-corrected chi connectivity index (χ0v) is 7.04. The molecule has 0 amide bonds. The van der Waals surface area contributed by atoms with Crippen LogP contribution < -0.4 is 0 Å². The van der Waals surface area contributed by atoms with Gasteiger partial charge in [0.25, 0.3) is 6.43 Å².